The van der Waals surface area contributed by atoms with Crippen LogP contribution < -0.4 is 0 Å². The maximum Gasteiger partial charge on any atom is 0.244 e. The van der Waals surface area contributed by atoms with Gasteiger partial charge < -0.3 is 4.90 Å². The molecule has 0 unspecified atom stereocenters. The van der Waals surface area contributed by atoms with E-state index in [2.05, 4.69) is 0 Å². The van der Waals surface area contributed by atoms with Gasteiger partial charge >= 0.3 is 0 Å². The quantitative estimate of drug-likeness (QED) is 0.787. The molecule has 1 aliphatic carbocycles. The molecule has 1 saturated carbocycles. The number of carbonyl (C=O) groups is 1. The molecule has 0 spiro atoms. The molecule has 142 valence electrons. The Morgan fingerprint density at radius 2 is 1.48 bits per heavy atom. The van der Waals surface area contributed by atoms with E-state index in [9.17, 15) is 13.2 Å². The largest absolute Gasteiger partial charge is 0.339 e. The average Bonchev–Trinajstić information content (AvgIpc) is 3.50. The lowest BCUT2D eigenvalue weighted by Gasteiger charge is -2.36. The number of halogens is 1. The summed E-state index contributed by atoms with van der Waals surface area (Å²) in [4.78, 5) is 15.0. The third kappa shape index (κ3) is 3.26. The lowest BCUT2D eigenvalue weighted by Crippen LogP contribution is -2.52. The molecule has 0 bridgehead atoms. The predicted octanol–water partition coefficient (Wildman–Crippen LogP) is 2.90. The molecule has 0 atom stereocenters. The Kier molecular flexibility index (Phi) is 4.74. The Morgan fingerprint density at radius 3 is 2.07 bits per heavy atom. The highest BCUT2D eigenvalue weighted by Gasteiger charge is 2.53. The zero-order valence-corrected chi connectivity index (χ0v) is 16.4. The predicted molar refractivity (Wildman–Crippen MR) is 104 cm³/mol. The molecule has 1 heterocycles. The second-order valence-electron chi connectivity index (χ2n) is 7.07. The number of piperazine rings is 1. The van der Waals surface area contributed by atoms with E-state index in [1.165, 1.54) is 10.4 Å². The van der Waals surface area contributed by atoms with Crippen LogP contribution >= 0.6 is 11.6 Å². The highest BCUT2D eigenvalue weighted by molar-refractivity contribution is 7.89. The second-order valence-corrected chi connectivity index (χ2v) is 9.39. The summed E-state index contributed by atoms with van der Waals surface area (Å²) in [5.74, 6) is 0.114. The molecule has 27 heavy (non-hydrogen) atoms. The van der Waals surface area contributed by atoms with Gasteiger partial charge in [0, 0.05) is 26.2 Å². The first-order chi connectivity index (χ1) is 12.9. The van der Waals surface area contributed by atoms with Crippen LogP contribution in [0.4, 0.5) is 0 Å². The molecule has 1 amide bonds. The van der Waals surface area contributed by atoms with Crippen LogP contribution in [0.1, 0.15) is 18.4 Å². The van der Waals surface area contributed by atoms with E-state index < -0.39 is 15.4 Å². The molecular formula is C20H21ClN2O3S. The maximum atomic E-state index is 13.1. The van der Waals surface area contributed by atoms with Crippen molar-refractivity contribution in [3.63, 3.8) is 0 Å². The minimum absolute atomic E-state index is 0.114. The molecule has 7 heteroatoms. The van der Waals surface area contributed by atoms with Crippen molar-refractivity contribution >= 4 is 27.5 Å². The number of sulfonamides is 1. The van der Waals surface area contributed by atoms with Gasteiger partial charge in [-0.15, -0.1) is 0 Å². The molecule has 2 aliphatic rings. The third-order valence-corrected chi connectivity index (χ3v) is 7.86. The third-order valence-electron chi connectivity index (χ3n) is 5.47. The fraction of sp³-hybridized carbons (Fsp3) is 0.350. The van der Waals surface area contributed by atoms with Crippen molar-refractivity contribution in [2.24, 2.45) is 0 Å². The molecule has 1 aliphatic heterocycles. The molecule has 0 radical (unpaired) electrons. The van der Waals surface area contributed by atoms with Gasteiger partial charge in [-0.1, -0.05) is 54.1 Å². The molecule has 0 N–H and O–H groups in total. The first kappa shape index (κ1) is 18.5. The summed E-state index contributed by atoms with van der Waals surface area (Å²) < 4.78 is 27.1. The number of benzene rings is 2. The van der Waals surface area contributed by atoms with Crippen LogP contribution in [0.3, 0.4) is 0 Å². The molecule has 1 saturated heterocycles. The number of carbonyl (C=O) groups excluding carboxylic acids is 1. The lowest BCUT2D eigenvalue weighted by molar-refractivity contribution is -0.135. The molecule has 4 rings (SSSR count). The fourth-order valence-electron chi connectivity index (χ4n) is 3.74. The molecule has 2 fully saturated rings. The van der Waals surface area contributed by atoms with E-state index in [0.717, 1.165) is 18.4 Å². The molecule has 0 aromatic heterocycles. The first-order valence-electron chi connectivity index (χ1n) is 9.05. The SMILES string of the molecule is O=C(N1CCN(S(=O)(=O)c2ccccc2Cl)CC1)C1(c2ccccc2)CC1. The molecule has 5 nitrogen and oxygen atoms in total. The fourth-order valence-corrected chi connectivity index (χ4v) is 5.65. The van der Waals surface area contributed by atoms with Gasteiger partial charge in [-0.2, -0.15) is 4.31 Å². The van der Waals surface area contributed by atoms with E-state index in [0.29, 0.717) is 13.1 Å². The summed E-state index contributed by atoms with van der Waals surface area (Å²) in [6, 6.07) is 16.3. The summed E-state index contributed by atoms with van der Waals surface area (Å²) in [5, 5.41) is 0.219. The van der Waals surface area contributed by atoms with Gasteiger partial charge in [0.25, 0.3) is 0 Å². The van der Waals surface area contributed by atoms with Gasteiger partial charge in [-0.25, -0.2) is 8.42 Å². The second kappa shape index (κ2) is 6.93. The number of hydrogen-bond acceptors (Lipinski definition) is 3. The van der Waals surface area contributed by atoms with Crippen molar-refractivity contribution in [1.29, 1.82) is 0 Å². The smallest absolute Gasteiger partial charge is 0.244 e. The Hall–Kier alpha value is -1.89. The van der Waals surface area contributed by atoms with Crippen LogP contribution in [0, 0.1) is 0 Å². The van der Waals surface area contributed by atoms with E-state index in [-0.39, 0.29) is 28.9 Å². The van der Waals surface area contributed by atoms with Crippen molar-refractivity contribution in [1.82, 2.24) is 9.21 Å². The van der Waals surface area contributed by atoms with E-state index >= 15 is 0 Å². The monoisotopic (exact) mass is 404 g/mol. The van der Waals surface area contributed by atoms with Gasteiger partial charge in [0.15, 0.2) is 0 Å². The van der Waals surface area contributed by atoms with Gasteiger partial charge in [0.1, 0.15) is 4.90 Å². The van der Waals surface area contributed by atoms with Crippen LogP contribution in [0.5, 0.6) is 0 Å². The van der Waals surface area contributed by atoms with Crippen molar-refractivity contribution < 1.29 is 13.2 Å². The number of nitrogens with zero attached hydrogens (tertiary/aromatic N) is 2. The maximum absolute atomic E-state index is 13.1. The topological polar surface area (TPSA) is 57.7 Å². The van der Waals surface area contributed by atoms with Gasteiger partial charge in [-0.05, 0) is 30.5 Å². The van der Waals surface area contributed by atoms with Crippen LogP contribution in [0.15, 0.2) is 59.5 Å². The van der Waals surface area contributed by atoms with Gasteiger partial charge in [0.05, 0.1) is 10.4 Å². The van der Waals surface area contributed by atoms with E-state index in [4.69, 9.17) is 11.6 Å². The highest BCUT2D eigenvalue weighted by Crippen LogP contribution is 2.49. The van der Waals surface area contributed by atoms with Crippen molar-refractivity contribution in [3.8, 4) is 0 Å². The summed E-state index contributed by atoms with van der Waals surface area (Å²) >= 11 is 6.07. The van der Waals surface area contributed by atoms with Crippen LogP contribution in [0.25, 0.3) is 0 Å². The Labute approximate surface area is 164 Å². The van der Waals surface area contributed by atoms with E-state index in [1.807, 2.05) is 30.3 Å². The number of rotatable bonds is 4. The zero-order chi connectivity index (χ0) is 19.1. The van der Waals surface area contributed by atoms with E-state index in [1.54, 1.807) is 23.1 Å². The minimum atomic E-state index is -3.65. The zero-order valence-electron chi connectivity index (χ0n) is 14.8. The summed E-state index contributed by atoms with van der Waals surface area (Å²) in [7, 11) is -3.65. The molecular weight excluding hydrogens is 384 g/mol. The Morgan fingerprint density at radius 1 is 0.889 bits per heavy atom. The summed E-state index contributed by atoms with van der Waals surface area (Å²) in [5.41, 5.74) is 0.645. The average molecular weight is 405 g/mol. The Balaban J connectivity index is 1.47. The minimum Gasteiger partial charge on any atom is -0.339 e. The molecule has 2 aromatic rings. The van der Waals surface area contributed by atoms with Crippen molar-refractivity contribution in [2.75, 3.05) is 26.2 Å². The van der Waals surface area contributed by atoms with Crippen molar-refractivity contribution in [3.05, 3.63) is 65.2 Å². The van der Waals surface area contributed by atoms with Crippen LogP contribution in [-0.2, 0) is 20.2 Å². The lowest BCUT2D eigenvalue weighted by atomic mass is 9.94. The number of hydrogen-bond donors (Lipinski definition) is 0. The standard InChI is InChI=1S/C20H21ClN2O3S/c21-17-8-4-5-9-18(17)27(25,26)23-14-12-22(13-15-23)19(24)20(10-11-20)16-6-2-1-3-7-16/h1-9H,10-15H2. The number of amides is 1. The normalized spacial score (nSPS) is 19.7. The van der Waals surface area contributed by atoms with Gasteiger partial charge in [-0.3, -0.25) is 4.79 Å². The molecule has 2 aromatic carbocycles. The highest BCUT2D eigenvalue weighted by atomic mass is 35.5. The van der Waals surface area contributed by atoms with Crippen molar-refractivity contribution in [2.45, 2.75) is 23.2 Å². The van der Waals surface area contributed by atoms with Crippen LogP contribution in [-0.4, -0.2) is 49.7 Å². The first-order valence-corrected chi connectivity index (χ1v) is 10.9. The van der Waals surface area contributed by atoms with Crippen LogP contribution in [0.2, 0.25) is 5.02 Å². The van der Waals surface area contributed by atoms with Gasteiger partial charge in [0.2, 0.25) is 15.9 Å². The summed E-state index contributed by atoms with van der Waals surface area (Å²) in [6.07, 6.45) is 1.71. The summed E-state index contributed by atoms with van der Waals surface area (Å²) in [6.45, 7) is 1.36. The Bertz CT molecular complexity index is 950.